The Kier molecular flexibility index (Phi) is 4.59. The summed E-state index contributed by atoms with van der Waals surface area (Å²) in [7, 11) is -3.63. The molecule has 3 aromatic rings. The molecule has 0 unspecified atom stereocenters. The van der Waals surface area contributed by atoms with Gasteiger partial charge in [0.2, 0.25) is 10.0 Å². The molecular formula is C15H13Cl2N3O2S. The fraction of sp³-hybridized carbons (Fsp3) is 0.133. The Labute approximate surface area is 143 Å². The maximum Gasteiger partial charge on any atom is 0.240 e. The predicted octanol–water partition coefficient (Wildman–Crippen LogP) is 3.39. The number of aromatic nitrogens is 2. The number of imidazole rings is 1. The van der Waals surface area contributed by atoms with E-state index < -0.39 is 10.0 Å². The number of H-pyrrole nitrogens is 1. The van der Waals surface area contributed by atoms with Crippen LogP contribution in [0.4, 0.5) is 0 Å². The number of nitrogens with one attached hydrogen (secondary N) is 2. The van der Waals surface area contributed by atoms with E-state index >= 15 is 0 Å². The standard InChI is InChI=1S/C15H13Cl2N3O2S/c16-11-6-5-10(9-12(11)17)23(21,22)18-8-7-15-19-13-3-1-2-4-14(13)20-15/h1-6,9,18H,7-8H2,(H,19,20). The molecule has 0 saturated carbocycles. The molecule has 0 amide bonds. The van der Waals surface area contributed by atoms with Gasteiger partial charge in [-0.05, 0) is 30.3 Å². The van der Waals surface area contributed by atoms with Gasteiger partial charge in [-0.15, -0.1) is 0 Å². The van der Waals surface area contributed by atoms with Crippen molar-refractivity contribution in [2.45, 2.75) is 11.3 Å². The summed E-state index contributed by atoms with van der Waals surface area (Å²) in [5.41, 5.74) is 1.78. The zero-order valence-corrected chi connectivity index (χ0v) is 14.2. The van der Waals surface area contributed by atoms with E-state index in [9.17, 15) is 8.42 Å². The highest BCUT2D eigenvalue weighted by atomic mass is 35.5. The van der Waals surface area contributed by atoms with Crippen LogP contribution < -0.4 is 4.72 Å². The van der Waals surface area contributed by atoms with Gasteiger partial charge in [-0.3, -0.25) is 0 Å². The number of sulfonamides is 1. The Bertz CT molecular complexity index is 921. The number of aromatic amines is 1. The summed E-state index contributed by atoms with van der Waals surface area (Å²) in [5, 5.41) is 0.514. The highest BCUT2D eigenvalue weighted by Crippen LogP contribution is 2.24. The highest BCUT2D eigenvalue weighted by molar-refractivity contribution is 7.89. The lowest BCUT2D eigenvalue weighted by molar-refractivity contribution is 0.581. The summed E-state index contributed by atoms with van der Waals surface area (Å²) in [6.07, 6.45) is 0.454. The van der Waals surface area contributed by atoms with Gasteiger partial charge in [-0.25, -0.2) is 18.1 Å². The van der Waals surface area contributed by atoms with E-state index in [0.717, 1.165) is 16.9 Å². The first-order valence-corrected chi connectivity index (χ1v) is 9.08. The Hall–Kier alpha value is -1.60. The molecule has 0 fully saturated rings. The third kappa shape index (κ3) is 3.67. The first-order chi connectivity index (χ1) is 11.0. The second kappa shape index (κ2) is 6.49. The lowest BCUT2D eigenvalue weighted by Crippen LogP contribution is -2.26. The molecule has 1 aromatic heterocycles. The number of fused-ring (bicyclic) bond motifs is 1. The van der Waals surface area contributed by atoms with Gasteiger partial charge in [0.25, 0.3) is 0 Å². The van der Waals surface area contributed by atoms with Gasteiger partial charge in [-0.1, -0.05) is 35.3 Å². The van der Waals surface area contributed by atoms with Crippen LogP contribution in [0.1, 0.15) is 5.82 Å². The smallest absolute Gasteiger partial charge is 0.240 e. The fourth-order valence-electron chi connectivity index (χ4n) is 2.16. The monoisotopic (exact) mass is 369 g/mol. The van der Waals surface area contributed by atoms with Crippen LogP contribution in [-0.4, -0.2) is 24.9 Å². The second-order valence-corrected chi connectivity index (χ2v) is 7.51. The SMILES string of the molecule is O=S(=O)(NCCc1nc2ccccc2[nH]1)c1ccc(Cl)c(Cl)c1. The van der Waals surface area contributed by atoms with Crippen molar-refractivity contribution in [3.05, 3.63) is 58.3 Å². The van der Waals surface area contributed by atoms with E-state index in [2.05, 4.69) is 14.7 Å². The van der Waals surface area contributed by atoms with Crippen molar-refractivity contribution < 1.29 is 8.42 Å². The van der Waals surface area contributed by atoms with Crippen LogP contribution in [0.25, 0.3) is 11.0 Å². The summed E-state index contributed by atoms with van der Waals surface area (Å²) in [6.45, 7) is 0.225. The zero-order valence-electron chi connectivity index (χ0n) is 11.9. The van der Waals surface area contributed by atoms with Gasteiger partial charge in [0.1, 0.15) is 5.82 Å². The van der Waals surface area contributed by atoms with E-state index in [1.807, 2.05) is 24.3 Å². The van der Waals surface area contributed by atoms with Gasteiger partial charge in [0.05, 0.1) is 26.0 Å². The number of rotatable bonds is 5. The zero-order chi connectivity index (χ0) is 16.4. The highest BCUT2D eigenvalue weighted by Gasteiger charge is 2.15. The Morgan fingerprint density at radius 2 is 1.87 bits per heavy atom. The predicted molar refractivity (Wildman–Crippen MR) is 91.4 cm³/mol. The number of halogens is 2. The van der Waals surface area contributed by atoms with E-state index in [1.165, 1.54) is 18.2 Å². The summed E-state index contributed by atoms with van der Waals surface area (Å²) < 4.78 is 27.0. The van der Waals surface area contributed by atoms with Gasteiger partial charge in [0.15, 0.2) is 0 Å². The molecule has 0 saturated heterocycles. The third-order valence-electron chi connectivity index (χ3n) is 3.29. The summed E-state index contributed by atoms with van der Waals surface area (Å²) >= 11 is 11.7. The number of hydrogen-bond acceptors (Lipinski definition) is 3. The lowest BCUT2D eigenvalue weighted by Gasteiger charge is -2.06. The molecule has 0 spiro atoms. The number of hydrogen-bond donors (Lipinski definition) is 2. The van der Waals surface area contributed by atoms with Crippen molar-refractivity contribution in [3.63, 3.8) is 0 Å². The van der Waals surface area contributed by atoms with E-state index in [0.29, 0.717) is 11.4 Å². The van der Waals surface area contributed by atoms with Crippen LogP contribution in [-0.2, 0) is 16.4 Å². The minimum Gasteiger partial charge on any atom is -0.342 e. The summed E-state index contributed by atoms with van der Waals surface area (Å²) in [6, 6.07) is 11.8. The molecule has 0 bridgehead atoms. The lowest BCUT2D eigenvalue weighted by atomic mass is 10.3. The van der Waals surface area contributed by atoms with E-state index in [4.69, 9.17) is 23.2 Å². The largest absolute Gasteiger partial charge is 0.342 e. The summed E-state index contributed by atoms with van der Waals surface area (Å²) in [4.78, 5) is 7.64. The van der Waals surface area contributed by atoms with Crippen molar-refractivity contribution in [1.29, 1.82) is 0 Å². The molecule has 8 heteroatoms. The third-order valence-corrected chi connectivity index (χ3v) is 5.49. The molecule has 0 aliphatic carbocycles. The second-order valence-electron chi connectivity index (χ2n) is 4.92. The Morgan fingerprint density at radius 1 is 1.09 bits per heavy atom. The Morgan fingerprint density at radius 3 is 2.61 bits per heavy atom. The molecule has 1 heterocycles. The van der Waals surface area contributed by atoms with Gasteiger partial charge in [-0.2, -0.15) is 0 Å². The van der Waals surface area contributed by atoms with Crippen molar-refractivity contribution in [1.82, 2.24) is 14.7 Å². The topological polar surface area (TPSA) is 74.8 Å². The molecule has 0 radical (unpaired) electrons. The average Bonchev–Trinajstić information content (AvgIpc) is 2.92. The molecule has 0 aliphatic heterocycles. The Balaban J connectivity index is 1.68. The first kappa shape index (κ1) is 16.3. The minimum absolute atomic E-state index is 0.0801. The van der Waals surface area contributed by atoms with E-state index in [-0.39, 0.29) is 16.5 Å². The normalized spacial score (nSPS) is 11.9. The van der Waals surface area contributed by atoms with Crippen LogP contribution in [0.3, 0.4) is 0 Å². The van der Waals surface area contributed by atoms with Crippen LogP contribution in [0.15, 0.2) is 47.4 Å². The van der Waals surface area contributed by atoms with Crippen LogP contribution in [0.5, 0.6) is 0 Å². The number of para-hydroxylation sites is 2. The molecule has 3 rings (SSSR count). The summed E-state index contributed by atoms with van der Waals surface area (Å²) in [5.74, 6) is 0.725. The van der Waals surface area contributed by atoms with Crippen molar-refractivity contribution in [3.8, 4) is 0 Å². The molecule has 2 aromatic carbocycles. The molecular weight excluding hydrogens is 357 g/mol. The molecule has 23 heavy (non-hydrogen) atoms. The van der Waals surface area contributed by atoms with Gasteiger partial charge >= 0.3 is 0 Å². The minimum atomic E-state index is -3.63. The van der Waals surface area contributed by atoms with Crippen LogP contribution in [0, 0.1) is 0 Å². The van der Waals surface area contributed by atoms with Crippen LogP contribution >= 0.6 is 23.2 Å². The number of nitrogens with zero attached hydrogens (tertiary/aromatic N) is 1. The average molecular weight is 370 g/mol. The first-order valence-electron chi connectivity index (χ1n) is 6.84. The van der Waals surface area contributed by atoms with Gasteiger partial charge in [0, 0.05) is 13.0 Å². The van der Waals surface area contributed by atoms with Crippen molar-refractivity contribution in [2.24, 2.45) is 0 Å². The van der Waals surface area contributed by atoms with Crippen molar-refractivity contribution in [2.75, 3.05) is 6.54 Å². The van der Waals surface area contributed by atoms with E-state index in [1.54, 1.807) is 0 Å². The van der Waals surface area contributed by atoms with Crippen molar-refractivity contribution >= 4 is 44.3 Å². The maximum atomic E-state index is 12.2. The molecule has 0 aliphatic rings. The molecule has 0 atom stereocenters. The maximum absolute atomic E-state index is 12.2. The molecule has 5 nitrogen and oxygen atoms in total. The number of benzene rings is 2. The molecule has 120 valence electrons. The quantitative estimate of drug-likeness (QED) is 0.723. The molecule has 2 N–H and O–H groups in total. The fourth-order valence-corrected chi connectivity index (χ4v) is 3.58. The van der Waals surface area contributed by atoms with Crippen LogP contribution in [0.2, 0.25) is 10.0 Å². The van der Waals surface area contributed by atoms with Gasteiger partial charge < -0.3 is 4.98 Å².